The second-order valence-corrected chi connectivity index (χ2v) is 5.67. The van der Waals surface area contributed by atoms with Crippen LogP contribution in [0.4, 0.5) is 0 Å². The topological polar surface area (TPSA) is 0 Å². The monoisotopic (exact) mass is 353 g/mol. The fraction of sp³-hybridized carbons (Fsp3) is 0.500. The molecule has 0 radical (unpaired) electrons. The van der Waals surface area contributed by atoms with Crippen LogP contribution in [0.15, 0.2) is 24.3 Å². The third kappa shape index (κ3) is 6.45. The molecular weight excluding hydrogens is 342 g/mol. The van der Waals surface area contributed by atoms with Crippen LogP contribution in [-0.4, -0.2) is 0 Å². The predicted octanol–water partition coefficient (Wildman–Crippen LogP) is -3.18. The van der Waals surface area contributed by atoms with Crippen molar-refractivity contribution in [1.82, 2.24) is 0 Å². The van der Waals surface area contributed by atoms with Crippen LogP contribution in [0.3, 0.4) is 0 Å². The molecule has 1 aliphatic carbocycles. The van der Waals surface area contributed by atoms with Gasteiger partial charge in [-0.15, -0.1) is 0 Å². The van der Waals surface area contributed by atoms with Gasteiger partial charge in [-0.3, -0.25) is 0 Å². The Bertz CT molecular complexity index is 129. The van der Waals surface area contributed by atoms with E-state index in [-0.39, 0.29) is 24.8 Å². The van der Waals surface area contributed by atoms with Crippen molar-refractivity contribution >= 4 is 0 Å². The van der Waals surface area contributed by atoms with Crippen LogP contribution in [0.1, 0.15) is 13.8 Å². The van der Waals surface area contributed by atoms with Gasteiger partial charge in [0.15, 0.2) is 0 Å². The number of rotatable bonds is 2. The molecule has 0 unspecified atom stereocenters. The van der Waals surface area contributed by atoms with Crippen molar-refractivity contribution in [3.05, 3.63) is 24.3 Å². The minimum absolute atomic E-state index is 0. The summed E-state index contributed by atoms with van der Waals surface area (Å²) in [6.07, 6.45) is 8.85. The van der Waals surface area contributed by atoms with Gasteiger partial charge in [0, 0.05) is 0 Å². The summed E-state index contributed by atoms with van der Waals surface area (Å²) in [6.45, 7) is 4.56. The molecule has 0 atom stereocenters. The minimum atomic E-state index is 0. The second kappa shape index (κ2) is 7.92. The molecule has 0 saturated heterocycles. The van der Waals surface area contributed by atoms with Gasteiger partial charge in [-0.25, -0.2) is 0 Å². The van der Waals surface area contributed by atoms with Crippen LogP contribution in [0, 0.1) is 33.0 Å². The van der Waals surface area contributed by atoms with E-state index in [0.717, 1.165) is 37.3 Å². The molecule has 0 saturated carbocycles. The van der Waals surface area contributed by atoms with Crippen molar-refractivity contribution in [3.63, 3.8) is 0 Å². The summed E-state index contributed by atoms with van der Waals surface area (Å²) < 4.78 is 1.63. The van der Waals surface area contributed by atoms with Crippen LogP contribution >= 0.6 is 0 Å². The summed E-state index contributed by atoms with van der Waals surface area (Å²) in [5, 5.41) is 0. The molecule has 0 heterocycles. The second-order valence-electron chi connectivity index (χ2n) is 2.10. The first-order valence-electron chi connectivity index (χ1n) is 3.12. The average Bonchev–Trinajstić information content (AvgIpc) is 2.15. The molecule has 1 aliphatic rings. The Hall–Kier alpha value is 1.29. The summed E-state index contributed by atoms with van der Waals surface area (Å²) in [5.41, 5.74) is 0. The predicted molar refractivity (Wildman–Crippen MR) is 37.1 cm³/mol. The molecule has 73 valence electrons. The Morgan fingerprint density at radius 1 is 1.09 bits per heavy atom. The van der Waals surface area contributed by atoms with E-state index in [1.807, 2.05) is 0 Å². The zero-order chi connectivity index (χ0) is 6.69. The van der Waals surface area contributed by atoms with E-state index < -0.39 is 0 Å². The largest absolute Gasteiger partial charge is 1.00 e. The maximum atomic E-state index is 2.28. The van der Waals surface area contributed by atoms with Crippen LogP contribution in [0.25, 0.3) is 0 Å². The third-order valence-corrected chi connectivity index (χ3v) is 3.31. The fourth-order valence-corrected chi connectivity index (χ4v) is 2.65. The molecule has 0 amide bonds. The minimum Gasteiger partial charge on any atom is -1.00 e. The maximum Gasteiger partial charge on any atom is -1.00 e. The van der Waals surface area contributed by atoms with E-state index in [9.17, 15) is 0 Å². The fourth-order valence-electron chi connectivity index (χ4n) is 0.634. The van der Waals surface area contributed by atoms with Gasteiger partial charge in [0.1, 0.15) is 0 Å². The molecule has 11 heavy (non-hydrogen) atoms. The Balaban J connectivity index is 0. The van der Waals surface area contributed by atoms with E-state index in [1.54, 1.807) is 0 Å². The molecular formula is C8H12Cl2Lu. The van der Waals surface area contributed by atoms with E-state index in [2.05, 4.69) is 38.2 Å². The first-order valence-corrected chi connectivity index (χ1v) is 5.03. The van der Waals surface area contributed by atoms with Crippen LogP contribution in [0.2, 0.25) is 4.28 Å². The first-order chi connectivity index (χ1) is 4.29. The van der Waals surface area contributed by atoms with E-state index in [1.165, 1.54) is 0 Å². The zero-order valence-electron chi connectivity index (χ0n) is 6.48. The number of halogens is 2. The van der Waals surface area contributed by atoms with Crippen LogP contribution < -0.4 is 24.8 Å². The van der Waals surface area contributed by atoms with Gasteiger partial charge < -0.3 is 24.8 Å². The molecule has 0 bridgehead atoms. The summed E-state index contributed by atoms with van der Waals surface area (Å²) >= 11 is 0.954. The number of allylic oxidation sites excluding steroid dienone is 4. The SMILES string of the molecule is C[CH](C)[Lu+2][CH]1C=CC=C1.[Cl-].[Cl-]. The Kier molecular flexibility index (Phi) is 10.7. The van der Waals surface area contributed by atoms with Gasteiger partial charge in [0.2, 0.25) is 0 Å². The Labute approximate surface area is 99.1 Å². The molecule has 0 aromatic rings. The molecule has 0 aromatic heterocycles. The Morgan fingerprint density at radius 3 is 1.91 bits per heavy atom. The molecule has 0 fully saturated rings. The molecule has 0 aliphatic heterocycles. The van der Waals surface area contributed by atoms with Gasteiger partial charge in [-0.05, 0) is 0 Å². The van der Waals surface area contributed by atoms with Gasteiger partial charge >= 0.3 is 75.5 Å². The first kappa shape index (κ1) is 14.8. The van der Waals surface area contributed by atoms with Crippen molar-refractivity contribution in [1.29, 1.82) is 0 Å². The van der Waals surface area contributed by atoms with Gasteiger partial charge in [-0.1, -0.05) is 0 Å². The molecule has 0 nitrogen and oxygen atoms in total. The summed E-state index contributed by atoms with van der Waals surface area (Å²) in [4.78, 5) is 0. The van der Waals surface area contributed by atoms with E-state index in [4.69, 9.17) is 0 Å². The van der Waals surface area contributed by atoms with E-state index in [0.29, 0.717) is 0 Å². The smallest absolute Gasteiger partial charge is 1.00 e. The third-order valence-electron chi connectivity index (χ3n) is 0.926. The summed E-state index contributed by atoms with van der Waals surface area (Å²) in [6, 6.07) is 0. The van der Waals surface area contributed by atoms with Crippen molar-refractivity contribution in [3.8, 4) is 0 Å². The Morgan fingerprint density at radius 2 is 1.55 bits per heavy atom. The standard InChI is InChI=1S/C5H5.C3H7.2ClH.Lu/c1-2-4-5-3-1;1-3-2;;;/h1-5H;3H,1-2H3;2*1H;/q;;;;+2/p-2. The van der Waals surface area contributed by atoms with Crippen molar-refractivity contribution in [2.75, 3.05) is 0 Å². The van der Waals surface area contributed by atoms with Crippen LogP contribution in [-0.2, 0) is 0 Å². The van der Waals surface area contributed by atoms with Gasteiger partial charge in [0.05, 0.1) is 0 Å². The molecule has 0 aromatic carbocycles. The quantitative estimate of drug-likeness (QED) is 0.491. The molecule has 1 rings (SSSR count). The van der Waals surface area contributed by atoms with Crippen LogP contribution in [0.5, 0.6) is 0 Å². The average molecular weight is 354 g/mol. The molecule has 0 spiro atoms. The van der Waals surface area contributed by atoms with Gasteiger partial charge in [0.25, 0.3) is 0 Å². The summed E-state index contributed by atoms with van der Waals surface area (Å²) in [5.74, 6) is 0. The summed E-state index contributed by atoms with van der Waals surface area (Å²) in [7, 11) is 0. The maximum absolute atomic E-state index is 2.28. The zero-order valence-corrected chi connectivity index (χ0v) is 9.65. The molecule has 3 heteroatoms. The molecule has 0 N–H and O–H groups in total. The normalized spacial score (nSPS) is 15.2. The van der Waals surface area contributed by atoms with Gasteiger partial charge in [-0.2, -0.15) is 0 Å². The number of hydrogen-bond donors (Lipinski definition) is 0. The number of hydrogen-bond acceptors (Lipinski definition) is 0. The van der Waals surface area contributed by atoms with Crippen molar-refractivity contribution in [2.45, 2.75) is 18.1 Å². The van der Waals surface area contributed by atoms with Crippen molar-refractivity contribution in [2.24, 2.45) is 0 Å². The van der Waals surface area contributed by atoms with Crippen molar-refractivity contribution < 1.29 is 57.9 Å². The van der Waals surface area contributed by atoms with E-state index >= 15 is 0 Å².